The third-order valence-electron chi connectivity index (χ3n) is 5.01. The van der Waals surface area contributed by atoms with Crippen LogP contribution in [0.2, 0.25) is 0 Å². The average molecular weight is 362 g/mol. The minimum Gasteiger partial charge on any atom is -0.296 e. The van der Waals surface area contributed by atoms with Crippen LogP contribution in [0.5, 0.6) is 0 Å². The van der Waals surface area contributed by atoms with Gasteiger partial charge < -0.3 is 0 Å². The van der Waals surface area contributed by atoms with Gasteiger partial charge in [-0.05, 0) is 68.4 Å². The molecule has 2 aromatic heterocycles. The molecule has 0 atom stereocenters. The van der Waals surface area contributed by atoms with Crippen LogP contribution in [0, 0.1) is 5.82 Å². The second-order valence-electron chi connectivity index (χ2n) is 6.90. The Morgan fingerprint density at radius 1 is 1.04 bits per heavy atom. The molecule has 1 saturated heterocycles. The van der Waals surface area contributed by atoms with Crippen LogP contribution >= 0.6 is 0 Å². The summed E-state index contributed by atoms with van der Waals surface area (Å²) in [5, 5.41) is 12.8. The van der Waals surface area contributed by atoms with E-state index in [1.807, 2.05) is 16.8 Å². The molecule has 0 saturated carbocycles. The van der Waals surface area contributed by atoms with Crippen molar-refractivity contribution < 1.29 is 4.39 Å². The quantitative estimate of drug-likeness (QED) is 0.603. The smallest absolute Gasteiger partial charge is 0.181 e. The van der Waals surface area contributed by atoms with Crippen molar-refractivity contribution >= 4 is 10.9 Å². The van der Waals surface area contributed by atoms with Gasteiger partial charge in [0.05, 0.1) is 23.9 Å². The fourth-order valence-electron chi connectivity index (χ4n) is 3.58. The first kappa shape index (κ1) is 16.1. The van der Waals surface area contributed by atoms with Crippen molar-refractivity contribution in [1.82, 2.24) is 29.9 Å². The molecule has 0 spiro atoms. The molecule has 0 aliphatic carbocycles. The van der Waals surface area contributed by atoms with Gasteiger partial charge in [-0.1, -0.05) is 0 Å². The van der Waals surface area contributed by atoms with Gasteiger partial charge in [-0.3, -0.25) is 10.00 Å². The fraction of sp³-hybridized carbons (Fsp3) is 0.250. The Kier molecular flexibility index (Phi) is 3.94. The molecule has 5 rings (SSSR count). The molecule has 3 heterocycles. The number of nitrogens with one attached hydrogen (secondary N) is 1. The van der Waals surface area contributed by atoms with Crippen LogP contribution in [0.15, 0.2) is 48.7 Å². The molecule has 2 aromatic carbocycles. The fourth-order valence-corrected chi connectivity index (χ4v) is 3.58. The van der Waals surface area contributed by atoms with Gasteiger partial charge in [0.1, 0.15) is 11.6 Å². The van der Waals surface area contributed by atoms with Gasteiger partial charge in [-0.25, -0.2) is 14.1 Å². The number of likely N-dealkylation sites (tertiary alicyclic amines) is 1. The Morgan fingerprint density at radius 2 is 1.85 bits per heavy atom. The molecular formula is C20H19FN6. The highest BCUT2D eigenvalue weighted by molar-refractivity contribution is 5.80. The number of benzene rings is 2. The first-order chi connectivity index (χ1) is 13.3. The van der Waals surface area contributed by atoms with E-state index in [0.29, 0.717) is 5.82 Å². The van der Waals surface area contributed by atoms with Crippen LogP contribution < -0.4 is 0 Å². The zero-order valence-electron chi connectivity index (χ0n) is 14.8. The topological polar surface area (TPSA) is 62.6 Å². The predicted octanol–water partition coefficient (Wildman–Crippen LogP) is 3.55. The highest BCUT2D eigenvalue weighted by atomic mass is 19.1. The third kappa shape index (κ3) is 3.10. The summed E-state index contributed by atoms with van der Waals surface area (Å²) >= 11 is 0. The Labute approximate surface area is 155 Å². The lowest BCUT2D eigenvalue weighted by molar-refractivity contribution is 0.319. The van der Waals surface area contributed by atoms with Gasteiger partial charge in [0, 0.05) is 10.9 Å². The number of halogens is 1. The largest absolute Gasteiger partial charge is 0.296 e. The van der Waals surface area contributed by atoms with Crippen LogP contribution in [0.25, 0.3) is 28.0 Å². The van der Waals surface area contributed by atoms with E-state index < -0.39 is 0 Å². The standard InChI is InChI=1S/C20H19FN6/c21-16-5-3-14(4-6-16)20-23-19(13-26-9-1-2-10-26)27(25-20)17-7-8-18-15(11-17)12-22-24-18/h3-8,11-12H,1-2,9-10,13H2,(H,22,24). The molecule has 0 unspecified atom stereocenters. The summed E-state index contributed by atoms with van der Waals surface area (Å²) in [6.07, 6.45) is 4.25. The van der Waals surface area contributed by atoms with Gasteiger partial charge in [0.2, 0.25) is 0 Å². The summed E-state index contributed by atoms with van der Waals surface area (Å²) in [7, 11) is 0. The maximum Gasteiger partial charge on any atom is 0.181 e. The first-order valence-corrected chi connectivity index (χ1v) is 9.14. The molecule has 1 N–H and O–H groups in total. The van der Waals surface area contributed by atoms with Crippen molar-refractivity contribution in [2.24, 2.45) is 0 Å². The molecular weight excluding hydrogens is 343 g/mol. The zero-order chi connectivity index (χ0) is 18.2. The maximum atomic E-state index is 13.3. The number of aromatic nitrogens is 5. The summed E-state index contributed by atoms with van der Waals surface area (Å²) in [5.41, 5.74) is 2.74. The first-order valence-electron chi connectivity index (χ1n) is 9.14. The Bertz CT molecular complexity index is 1080. The van der Waals surface area contributed by atoms with E-state index >= 15 is 0 Å². The highest BCUT2D eigenvalue weighted by Crippen LogP contribution is 2.23. The molecule has 27 heavy (non-hydrogen) atoms. The van der Waals surface area contributed by atoms with Crippen LogP contribution in [0.3, 0.4) is 0 Å². The van der Waals surface area contributed by atoms with Crippen LogP contribution in [0.1, 0.15) is 18.7 Å². The number of aromatic amines is 1. The molecule has 7 heteroatoms. The third-order valence-corrected chi connectivity index (χ3v) is 5.01. The second-order valence-corrected chi connectivity index (χ2v) is 6.90. The van der Waals surface area contributed by atoms with Gasteiger partial charge in [-0.2, -0.15) is 5.10 Å². The summed E-state index contributed by atoms with van der Waals surface area (Å²) in [5.74, 6) is 1.23. The SMILES string of the molecule is Fc1ccc(-c2nc(CN3CCCC3)n(-c3ccc4[nH]ncc4c3)n2)cc1. The summed E-state index contributed by atoms with van der Waals surface area (Å²) < 4.78 is 15.2. The minimum absolute atomic E-state index is 0.263. The van der Waals surface area contributed by atoms with E-state index in [0.717, 1.165) is 47.6 Å². The molecule has 6 nitrogen and oxygen atoms in total. The molecule has 1 fully saturated rings. The van der Waals surface area contributed by atoms with Crippen molar-refractivity contribution in [3.63, 3.8) is 0 Å². The van der Waals surface area contributed by atoms with Gasteiger partial charge >= 0.3 is 0 Å². The summed E-state index contributed by atoms with van der Waals surface area (Å²) in [6.45, 7) is 2.91. The number of hydrogen-bond donors (Lipinski definition) is 1. The van der Waals surface area contributed by atoms with Crippen LogP contribution in [0.4, 0.5) is 4.39 Å². The van der Waals surface area contributed by atoms with Gasteiger partial charge in [0.25, 0.3) is 0 Å². The highest BCUT2D eigenvalue weighted by Gasteiger charge is 2.19. The zero-order valence-corrected chi connectivity index (χ0v) is 14.8. The van der Waals surface area contributed by atoms with E-state index in [9.17, 15) is 4.39 Å². The van der Waals surface area contributed by atoms with E-state index in [-0.39, 0.29) is 5.82 Å². The Hall–Kier alpha value is -3.06. The normalized spacial score (nSPS) is 15.0. The van der Waals surface area contributed by atoms with Crippen molar-refractivity contribution in [3.05, 3.63) is 60.3 Å². The number of H-pyrrole nitrogens is 1. The molecule has 1 aliphatic rings. The van der Waals surface area contributed by atoms with E-state index in [1.54, 1.807) is 18.3 Å². The monoisotopic (exact) mass is 362 g/mol. The molecule has 4 aromatic rings. The summed E-state index contributed by atoms with van der Waals surface area (Å²) in [6, 6.07) is 12.4. The minimum atomic E-state index is -0.263. The molecule has 0 radical (unpaired) electrons. The van der Waals surface area contributed by atoms with Gasteiger partial charge in [0.15, 0.2) is 5.82 Å². The average Bonchev–Trinajstić information content (AvgIpc) is 3.43. The van der Waals surface area contributed by atoms with Crippen molar-refractivity contribution in [2.75, 3.05) is 13.1 Å². The van der Waals surface area contributed by atoms with Crippen molar-refractivity contribution in [2.45, 2.75) is 19.4 Å². The van der Waals surface area contributed by atoms with E-state index in [1.165, 1.54) is 25.0 Å². The molecule has 0 amide bonds. The number of nitrogens with zero attached hydrogens (tertiary/aromatic N) is 5. The maximum absolute atomic E-state index is 13.3. The molecule has 0 bridgehead atoms. The number of fused-ring (bicyclic) bond motifs is 1. The lowest BCUT2D eigenvalue weighted by atomic mass is 10.2. The number of rotatable bonds is 4. The Morgan fingerprint density at radius 3 is 2.67 bits per heavy atom. The predicted molar refractivity (Wildman–Crippen MR) is 101 cm³/mol. The molecule has 136 valence electrons. The van der Waals surface area contributed by atoms with Crippen molar-refractivity contribution in [3.8, 4) is 17.1 Å². The van der Waals surface area contributed by atoms with E-state index in [2.05, 4.69) is 21.2 Å². The Balaban J connectivity index is 1.59. The van der Waals surface area contributed by atoms with Crippen LogP contribution in [-0.2, 0) is 6.54 Å². The van der Waals surface area contributed by atoms with Crippen molar-refractivity contribution in [1.29, 1.82) is 0 Å². The lowest BCUT2D eigenvalue weighted by Gasteiger charge is -2.14. The number of hydrogen-bond acceptors (Lipinski definition) is 4. The lowest BCUT2D eigenvalue weighted by Crippen LogP contribution is -2.21. The van der Waals surface area contributed by atoms with Gasteiger partial charge in [-0.15, -0.1) is 5.10 Å². The van der Waals surface area contributed by atoms with E-state index in [4.69, 9.17) is 10.1 Å². The summed E-state index contributed by atoms with van der Waals surface area (Å²) in [4.78, 5) is 7.18. The van der Waals surface area contributed by atoms with Crippen LogP contribution in [-0.4, -0.2) is 43.0 Å². The molecule has 1 aliphatic heterocycles. The second kappa shape index (κ2) is 6.59.